The quantitative estimate of drug-likeness (QED) is 0.275. The second-order valence-corrected chi connectivity index (χ2v) is 8.23. The molecule has 2 amide bonds. The number of pyridine rings is 1. The molecule has 0 bridgehead atoms. The fourth-order valence-corrected chi connectivity index (χ4v) is 3.74. The molecule has 0 saturated heterocycles. The van der Waals surface area contributed by atoms with Crippen LogP contribution in [0.25, 0.3) is 22.4 Å². The lowest BCUT2D eigenvalue weighted by molar-refractivity contribution is 0.252. The highest BCUT2D eigenvalue weighted by Gasteiger charge is 2.07. The second kappa shape index (κ2) is 10.7. The molecule has 0 spiro atoms. The van der Waals surface area contributed by atoms with Crippen molar-refractivity contribution >= 4 is 34.8 Å². The Morgan fingerprint density at radius 2 is 1.75 bits per heavy atom. The van der Waals surface area contributed by atoms with E-state index < -0.39 is 0 Å². The predicted molar refractivity (Wildman–Crippen MR) is 131 cm³/mol. The number of unbranched alkanes of at least 4 members (excludes halogenated alkanes) is 1. The molecule has 0 saturated carbocycles. The van der Waals surface area contributed by atoms with E-state index in [2.05, 4.69) is 49.9 Å². The molecular formula is C25H25N5OS. The third-order valence-electron chi connectivity index (χ3n) is 5.05. The summed E-state index contributed by atoms with van der Waals surface area (Å²) in [7, 11) is 0. The smallest absolute Gasteiger partial charge is 0.320 e. The number of hydrogen-bond donors (Lipinski definition) is 2. The van der Waals surface area contributed by atoms with Crippen LogP contribution in [-0.2, 0) is 6.42 Å². The standard InChI is InChI=1S/C25H25N5OS/c1-32-20-12-10-19(11-13-20)22-17-27-21-14-15-23(29-24(21)28-22)30-25(31)26-16-6-5-9-18-7-3-2-4-8-18/h2-4,7-8,10-15,17H,5-6,9,16H2,1H3,(H2,26,28,29,30,31). The predicted octanol–water partition coefficient (Wildman–Crippen LogP) is 5.56. The molecule has 7 heteroatoms. The van der Waals surface area contributed by atoms with E-state index in [4.69, 9.17) is 0 Å². The van der Waals surface area contributed by atoms with Gasteiger partial charge in [-0.3, -0.25) is 10.3 Å². The van der Waals surface area contributed by atoms with Crippen molar-refractivity contribution in [1.82, 2.24) is 20.3 Å². The number of nitrogens with one attached hydrogen (secondary N) is 2. The number of amides is 2. The highest BCUT2D eigenvalue weighted by Crippen LogP contribution is 2.22. The number of fused-ring (bicyclic) bond motifs is 1. The largest absolute Gasteiger partial charge is 0.338 e. The van der Waals surface area contributed by atoms with E-state index in [1.54, 1.807) is 24.0 Å². The number of urea groups is 1. The normalized spacial score (nSPS) is 10.8. The Morgan fingerprint density at radius 3 is 2.53 bits per heavy atom. The van der Waals surface area contributed by atoms with E-state index in [-0.39, 0.29) is 6.03 Å². The lowest BCUT2D eigenvalue weighted by atomic mass is 10.1. The first-order chi connectivity index (χ1) is 15.7. The Hall–Kier alpha value is -3.45. The molecule has 2 N–H and O–H groups in total. The van der Waals surface area contributed by atoms with Crippen LogP contribution in [0.15, 0.2) is 77.8 Å². The average molecular weight is 444 g/mol. The number of aromatic nitrogens is 3. The molecule has 0 unspecified atom stereocenters. The summed E-state index contributed by atoms with van der Waals surface area (Å²) in [5.41, 5.74) is 4.22. The summed E-state index contributed by atoms with van der Waals surface area (Å²) in [6, 6.07) is 21.8. The van der Waals surface area contributed by atoms with Gasteiger partial charge in [-0.15, -0.1) is 11.8 Å². The lowest BCUT2D eigenvalue weighted by Gasteiger charge is -2.08. The average Bonchev–Trinajstić information content (AvgIpc) is 2.84. The van der Waals surface area contributed by atoms with E-state index in [9.17, 15) is 4.79 Å². The van der Waals surface area contributed by atoms with Crippen LogP contribution < -0.4 is 10.6 Å². The van der Waals surface area contributed by atoms with Crippen LogP contribution in [0.4, 0.5) is 10.6 Å². The maximum atomic E-state index is 12.2. The summed E-state index contributed by atoms with van der Waals surface area (Å²) < 4.78 is 0. The fraction of sp³-hybridized carbons (Fsp3) is 0.200. The van der Waals surface area contributed by atoms with Gasteiger partial charge in [0, 0.05) is 17.0 Å². The third-order valence-corrected chi connectivity index (χ3v) is 5.80. The summed E-state index contributed by atoms with van der Waals surface area (Å²) in [4.78, 5) is 27.0. The number of thioether (sulfide) groups is 1. The van der Waals surface area contributed by atoms with Crippen molar-refractivity contribution in [2.75, 3.05) is 18.1 Å². The Labute approximate surface area is 191 Å². The number of carbonyl (C=O) groups excluding carboxylic acids is 1. The summed E-state index contributed by atoms with van der Waals surface area (Å²) in [6.45, 7) is 0.613. The minimum Gasteiger partial charge on any atom is -0.338 e. The molecular weight excluding hydrogens is 418 g/mol. The van der Waals surface area contributed by atoms with Crippen molar-refractivity contribution in [3.8, 4) is 11.3 Å². The minimum absolute atomic E-state index is 0.270. The molecule has 0 aliphatic carbocycles. The summed E-state index contributed by atoms with van der Waals surface area (Å²) in [5, 5.41) is 5.67. The van der Waals surface area contributed by atoms with Gasteiger partial charge in [-0.2, -0.15) is 0 Å². The molecule has 0 aliphatic rings. The van der Waals surface area contributed by atoms with Gasteiger partial charge in [0.2, 0.25) is 0 Å². The van der Waals surface area contributed by atoms with Crippen molar-refractivity contribution in [3.63, 3.8) is 0 Å². The summed E-state index contributed by atoms with van der Waals surface area (Å²) >= 11 is 1.70. The molecule has 2 aromatic heterocycles. The Kier molecular flexibility index (Phi) is 7.30. The number of nitrogens with zero attached hydrogens (tertiary/aromatic N) is 3. The number of hydrogen-bond acceptors (Lipinski definition) is 5. The van der Waals surface area contributed by atoms with Crippen LogP contribution in [0.2, 0.25) is 0 Å². The van der Waals surface area contributed by atoms with Crippen molar-refractivity contribution < 1.29 is 4.79 Å². The SMILES string of the molecule is CSc1ccc(-c2cnc3ccc(NC(=O)NCCCCc4ccccc4)nc3n2)cc1. The number of carbonyl (C=O) groups is 1. The molecule has 4 rings (SSSR count). The molecule has 0 atom stereocenters. The number of anilines is 1. The van der Waals surface area contributed by atoms with Crippen LogP contribution in [0.3, 0.4) is 0 Å². The van der Waals surface area contributed by atoms with Gasteiger partial charge in [0.05, 0.1) is 11.9 Å². The van der Waals surface area contributed by atoms with Crippen LogP contribution in [0.5, 0.6) is 0 Å². The summed E-state index contributed by atoms with van der Waals surface area (Å²) in [6.07, 6.45) is 6.74. The molecule has 0 fully saturated rings. The van der Waals surface area contributed by atoms with Crippen molar-refractivity contribution in [3.05, 3.63) is 78.5 Å². The molecule has 6 nitrogen and oxygen atoms in total. The van der Waals surface area contributed by atoms with E-state index in [0.29, 0.717) is 23.5 Å². The van der Waals surface area contributed by atoms with Crippen molar-refractivity contribution in [2.45, 2.75) is 24.2 Å². The zero-order chi connectivity index (χ0) is 22.2. The maximum Gasteiger partial charge on any atom is 0.320 e. The Bertz CT molecular complexity index is 1180. The van der Waals surface area contributed by atoms with E-state index in [1.165, 1.54) is 10.5 Å². The number of benzene rings is 2. The zero-order valence-electron chi connectivity index (χ0n) is 17.9. The van der Waals surface area contributed by atoms with E-state index in [1.807, 2.05) is 42.7 Å². The van der Waals surface area contributed by atoms with Gasteiger partial charge in [0.15, 0.2) is 5.65 Å². The Morgan fingerprint density at radius 1 is 0.938 bits per heavy atom. The molecule has 0 aliphatic heterocycles. The fourth-order valence-electron chi connectivity index (χ4n) is 3.33. The van der Waals surface area contributed by atoms with Gasteiger partial charge in [-0.1, -0.05) is 42.5 Å². The molecule has 162 valence electrons. The molecule has 32 heavy (non-hydrogen) atoms. The van der Waals surface area contributed by atoms with Crippen LogP contribution in [0, 0.1) is 0 Å². The zero-order valence-corrected chi connectivity index (χ0v) is 18.7. The summed E-state index contributed by atoms with van der Waals surface area (Å²) in [5.74, 6) is 0.448. The third kappa shape index (κ3) is 5.82. The van der Waals surface area contributed by atoms with Gasteiger partial charge in [0.1, 0.15) is 11.3 Å². The molecule has 4 aromatic rings. The molecule has 2 heterocycles. The lowest BCUT2D eigenvalue weighted by Crippen LogP contribution is -2.29. The first-order valence-electron chi connectivity index (χ1n) is 10.6. The maximum absolute atomic E-state index is 12.2. The van der Waals surface area contributed by atoms with Gasteiger partial charge in [-0.05, 0) is 55.3 Å². The van der Waals surface area contributed by atoms with Crippen LogP contribution >= 0.6 is 11.8 Å². The highest BCUT2D eigenvalue weighted by atomic mass is 32.2. The van der Waals surface area contributed by atoms with Gasteiger partial charge >= 0.3 is 6.03 Å². The van der Waals surface area contributed by atoms with Crippen LogP contribution in [-0.4, -0.2) is 33.8 Å². The molecule has 0 radical (unpaired) electrons. The second-order valence-electron chi connectivity index (χ2n) is 7.35. The Balaban J connectivity index is 1.32. The van der Waals surface area contributed by atoms with Gasteiger partial charge < -0.3 is 5.32 Å². The number of rotatable bonds is 8. The first-order valence-corrected chi connectivity index (χ1v) is 11.8. The van der Waals surface area contributed by atoms with Crippen molar-refractivity contribution in [1.29, 1.82) is 0 Å². The minimum atomic E-state index is -0.270. The molecule has 2 aromatic carbocycles. The van der Waals surface area contributed by atoms with Crippen LogP contribution in [0.1, 0.15) is 18.4 Å². The van der Waals surface area contributed by atoms with E-state index >= 15 is 0 Å². The number of aryl methyl sites for hydroxylation is 1. The van der Waals surface area contributed by atoms with Gasteiger partial charge in [-0.25, -0.2) is 14.8 Å². The van der Waals surface area contributed by atoms with E-state index in [0.717, 1.165) is 30.5 Å². The van der Waals surface area contributed by atoms with Gasteiger partial charge in [0.25, 0.3) is 0 Å². The monoisotopic (exact) mass is 443 g/mol. The first kappa shape index (κ1) is 21.8. The highest BCUT2D eigenvalue weighted by molar-refractivity contribution is 7.98. The topological polar surface area (TPSA) is 79.8 Å². The van der Waals surface area contributed by atoms with Crippen molar-refractivity contribution in [2.24, 2.45) is 0 Å².